The molecule has 0 radical (unpaired) electrons. The molecule has 23 heavy (non-hydrogen) atoms. The van der Waals surface area contributed by atoms with Crippen LogP contribution in [0.25, 0.3) is 0 Å². The molecule has 0 spiro atoms. The molecule has 6 nitrogen and oxygen atoms in total. The van der Waals surface area contributed by atoms with Crippen LogP contribution in [-0.4, -0.2) is 56.2 Å². The maximum Gasteiger partial charge on any atom is 0.322 e. The molecule has 6 heteroatoms. The third-order valence-corrected chi connectivity index (χ3v) is 4.60. The van der Waals surface area contributed by atoms with Gasteiger partial charge in [-0.25, -0.2) is 4.79 Å². The number of carbonyl (C=O) groups is 2. The van der Waals surface area contributed by atoms with E-state index in [4.69, 9.17) is 4.74 Å². The van der Waals surface area contributed by atoms with Gasteiger partial charge < -0.3 is 15.0 Å². The summed E-state index contributed by atoms with van der Waals surface area (Å²) in [6.07, 6.45) is 2.06. The van der Waals surface area contributed by atoms with Crippen molar-refractivity contribution in [3.05, 3.63) is 29.3 Å². The number of hydrogen-bond acceptors (Lipinski definition) is 3. The standard InChI is InChI=1S/C17H23N3O3/c1-12-5-6-13(10-15(12)20-9-7-18-17(20)22)16(21)19-8-3-4-14(11-19)23-2/h5-6,10,14H,3-4,7-9,11H2,1-2H3,(H,18,22)/t14-/m1/s1. The highest BCUT2D eigenvalue weighted by atomic mass is 16.5. The lowest BCUT2D eigenvalue weighted by Crippen LogP contribution is -2.43. The zero-order valence-electron chi connectivity index (χ0n) is 13.7. The molecule has 1 aromatic rings. The van der Waals surface area contributed by atoms with Crippen LogP contribution in [0, 0.1) is 6.92 Å². The lowest BCUT2D eigenvalue weighted by atomic mass is 10.0. The Morgan fingerprint density at radius 1 is 1.35 bits per heavy atom. The summed E-state index contributed by atoms with van der Waals surface area (Å²) in [7, 11) is 1.69. The number of ether oxygens (including phenoxy) is 1. The lowest BCUT2D eigenvalue weighted by Gasteiger charge is -2.32. The normalized spacial score (nSPS) is 21.5. The molecule has 0 bridgehead atoms. The number of urea groups is 1. The molecule has 2 heterocycles. The average molecular weight is 317 g/mol. The van der Waals surface area contributed by atoms with Gasteiger partial charge in [0.2, 0.25) is 0 Å². The molecule has 0 aromatic heterocycles. The van der Waals surface area contributed by atoms with Crippen LogP contribution in [0.5, 0.6) is 0 Å². The Bertz CT molecular complexity index is 617. The van der Waals surface area contributed by atoms with E-state index in [1.54, 1.807) is 12.0 Å². The minimum atomic E-state index is -0.102. The van der Waals surface area contributed by atoms with Crippen LogP contribution >= 0.6 is 0 Å². The summed E-state index contributed by atoms with van der Waals surface area (Å²) in [4.78, 5) is 28.2. The Kier molecular flexibility index (Phi) is 4.52. The van der Waals surface area contributed by atoms with E-state index in [1.807, 2.05) is 30.0 Å². The van der Waals surface area contributed by atoms with Gasteiger partial charge in [0.1, 0.15) is 0 Å². The Labute approximate surface area is 136 Å². The van der Waals surface area contributed by atoms with Crippen molar-refractivity contribution in [2.45, 2.75) is 25.9 Å². The molecule has 2 aliphatic rings. The van der Waals surface area contributed by atoms with E-state index >= 15 is 0 Å². The Morgan fingerprint density at radius 3 is 2.87 bits per heavy atom. The van der Waals surface area contributed by atoms with E-state index in [1.165, 1.54) is 0 Å². The fraction of sp³-hybridized carbons (Fsp3) is 0.529. The van der Waals surface area contributed by atoms with Gasteiger partial charge in [0, 0.05) is 44.5 Å². The number of piperidine rings is 1. The molecule has 1 N–H and O–H groups in total. The van der Waals surface area contributed by atoms with E-state index in [0.717, 1.165) is 30.6 Å². The first-order valence-electron chi connectivity index (χ1n) is 8.08. The van der Waals surface area contributed by atoms with Gasteiger partial charge in [0.05, 0.1) is 6.10 Å². The van der Waals surface area contributed by atoms with Crippen LogP contribution in [0.15, 0.2) is 18.2 Å². The number of likely N-dealkylation sites (tertiary alicyclic amines) is 1. The van der Waals surface area contributed by atoms with Gasteiger partial charge in [-0.3, -0.25) is 9.69 Å². The number of methoxy groups -OCH3 is 1. The molecule has 1 aromatic carbocycles. The van der Waals surface area contributed by atoms with Gasteiger partial charge in [-0.1, -0.05) is 6.07 Å². The molecular formula is C17H23N3O3. The first kappa shape index (κ1) is 15.8. The van der Waals surface area contributed by atoms with Crippen LogP contribution in [0.4, 0.5) is 10.5 Å². The monoisotopic (exact) mass is 317 g/mol. The van der Waals surface area contributed by atoms with Crippen molar-refractivity contribution in [3.8, 4) is 0 Å². The summed E-state index contributed by atoms with van der Waals surface area (Å²) in [5.41, 5.74) is 2.43. The molecule has 0 aliphatic carbocycles. The summed E-state index contributed by atoms with van der Waals surface area (Å²) >= 11 is 0. The third-order valence-electron chi connectivity index (χ3n) is 4.60. The SMILES string of the molecule is CO[C@@H]1CCCN(C(=O)c2ccc(C)c(N3CCNC3=O)c2)C1. The second-order valence-corrected chi connectivity index (χ2v) is 6.14. The van der Waals surface area contributed by atoms with E-state index in [2.05, 4.69) is 5.32 Å². The molecule has 2 aliphatic heterocycles. The highest BCUT2D eigenvalue weighted by molar-refractivity contribution is 5.99. The first-order chi connectivity index (χ1) is 11.1. The van der Waals surface area contributed by atoms with Crippen molar-refractivity contribution in [3.63, 3.8) is 0 Å². The largest absolute Gasteiger partial charge is 0.380 e. The Hall–Kier alpha value is -2.08. The molecule has 0 unspecified atom stereocenters. The van der Waals surface area contributed by atoms with Gasteiger partial charge in [0.25, 0.3) is 5.91 Å². The van der Waals surface area contributed by atoms with Gasteiger partial charge in [-0.2, -0.15) is 0 Å². The third kappa shape index (κ3) is 3.17. The second-order valence-electron chi connectivity index (χ2n) is 6.14. The van der Waals surface area contributed by atoms with Crippen molar-refractivity contribution in [2.24, 2.45) is 0 Å². The molecular weight excluding hydrogens is 294 g/mol. The quantitative estimate of drug-likeness (QED) is 0.924. The molecule has 124 valence electrons. The number of hydrogen-bond donors (Lipinski definition) is 1. The summed E-state index contributed by atoms with van der Waals surface area (Å²) in [5, 5.41) is 2.80. The molecule has 0 saturated carbocycles. The highest BCUT2D eigenvalue weighted by Crippen LogP contribution is 2.25. The van der Waals surface area contributed by atoms with Gasteiger partial charge in [-0.15, -0.1) is 0 Å². The number of nitrogens with zero attached hydrogens (tertiary/aromatic N) is 2. The minimum absolute atomic E-state index is 0.00704. The predicted octanol–water partition coefficient (Wildman–Crippen LogP) is 1.78. The Morgan fingerprint density at radius 2 is 2.17 bits per heavy atom. The maximum absolute atomic E-state index is 12.8. The predicted molar refractivity (Wildman–Crippen MR) is 87.9 cm³/mol. The number of carbonyl (C=O) groups excluding carboxylic acids is 2. The Balaban J connectivity index is 1.82. The second kappa shape index (κ2) is 6.58. The number of benzene rings is 1. The number of nitrogens with one attached hydrogen (secondary N) is 1. The summed E-state index contributed by atoms with van der Waals surface area (Å²) in [6, 6.07) is 5.48. The van der Waals surface area contributed by atoms with Gasteiger partial charge in [0.15, 0.2) is 0 Å². The van der Waals surface area contributed by atoms with Crippen LogP contribution in [-0.2, 0) is 4.74 Å². The molecule has 1 atom stereocenters. The molecule has 2 saturated heterocycles. The van der Waals surface area contributed by atoms with Gasteiger partial charge in [-0.05, 0) is 37.5 Å². The zero-order valence-corrected chi connectivity index (χ0v) is 13.7. The van der Waals surface area contributed by atoms with Crippen LogP contribution in [0.2, 0.25) is 0 Å². The van der Waals surface area contributed by atoms with Crippen LogP contribution in [0.1, 0.15) is 28.8 Å². The van der Waals surface area contributed by atoms with Crippen molar-refractivity contribution in [2.75, 3.05) is 38.2 Å². The average Bonchev–Trinajstić information content (AvgIpc) is 3.00. The van der Waals surface area contributed by atoms with Crippen molar-refractivity contribution in [1.29, 1.82) is 0 Å². The summed E-state index contributed by atoms with van der Waals surface area (Å²) in [6.45, 7) is 4.61. The fourth-order valence-corrected chi connectivity index (χ4v) is 3.23. The number of aryl methyl sites for hydroxylation is 1. The van der Waals surface area contributed by atoms with Crippen LogP contribution < -0.4 is 10.2 Å². The van der Waals surface area contributed by atoms with Gasteiger partial charge >= 0.3 is 6.03 Å². The van der Waals surface area contributed by atoms with Crippen molar-refractivity contribution < 1.29 is 14.3 Å². The van der Waals surface area contributed by atoms with E-state index in [9.17, 15) is 9.59 Å². The first-order valence-corrected chi connectivity index (χ1v) is 8.08. The topological polar surface area (TPSA) is 61.9 Å². The molecule has 3 amide bonds. The zero-order chi connectivity index (χ0) is 16.4. The fourth-order valence-electron chi connectivity index (χ4n) is 3.23. The van der Waals surface area contributed by atoms with Crippen molar-refractivity contribution in [1.82, 2.24) is 10.2 Å². The van der Waals surface area contributed by atoms with E-state index in [0.29, 0.717) is 25.2 Å². The van der Waals surface area contributed by atoms with Crippen molar-refractivity contribution >= 4 is 17.6 Å². The molecule has 3 rings (SSSR count). The van der Waals surface area contributed by atoms with Crippen LogP contribution in [0.3, 0.4) is 0 Å². The maximum atomic E-state index is 12.8. The summed E-state index contributed by atoms with van der Waals surface area (Å²) < 4.78 is 5.39. The smallest absolute Gasteiger partial charge is 0.322 e. The number of rotatable bonds is 3. The number of amides is 3. The lowest BCUT2D eigenvalue weighted by molar-refractivity contribution is 0.0269. The number of anilines is 1. The van der Waals surface area contributed by atoms with E-state index < -0.39 is 0 Å². The highest BCUT2D eigenvalue weighted by Gasteiger charge is 2.27. The summed E-state index contributed by atoms with van der Waals surface area (Å²) in [5.74, 6) is 0.00704. The van der Waals surface area contributed by atoms with E-state index in [-0.39, 0.29) is 18.0 Å². The molecule has 2 fully saturated rings. The minimum Gasteiger partial charge on any atom is -0.380 e.